The highest BCUT2D eigenvalue weighted by molar-refractivity contribution is 7.46. The Kier molecular flexibility index (Phi) is 9.80. The molecule has 1 atom stereocenters. The summed E-state index contributed by atoms with van der Waals surface area (Å²) >= 11 is 0.891. The minimum atomic E-state index is -4.76. The van der Waals surface area contributed by atoms with Crippen LogP contribution >= 0.6 is 19.2 Å². The third-order valence-corrected chi connectivity index (χ3v) is 6.07. The molecule has 186 valence electrons. The first-order valence-corrected chi connectivity index (χ1v) is 12.4. The monoisotopic (exact) mass is 513 g/mol. The van der Waals surface area contributed by atoms with Crippen LogP contribution in [0, 0.1) is 0 Å². The molecule has 1 heterocycles. The Labute approximate surface area is 193 Å². The van der Waals surface area contributed by atoms with E-state index in [4.69, 9.17) is 25.0 Å². The number of nitrogens with zero attached hydrogens (tertiary/aromatic N) is 2. The zero-order chi connectivity index (χ0) is 24.7. The lowest BCUT2D eigenvalue weighted by Gasteiger charge is -2.21. The molecule has 0 aliphatic heterocycles. The number of alkyl halides is 3. The Hall–Kier alpha value is -1.60. The summed E-state index contributed by atoms with van der Waals surface area (Å²) in [6.45, 7) is 3.59. The molecule has 2 aromatic rings. The molecular formula is C19H27F3N3O6PS. The maximum atomic E-state index is 13.6. The van der Waals surface area contributed by atoms with E-state index in [9.17, 15) is 17.7 Å². The average Bonchev–Trinajstić information content (AvgIpc) is 3.22. The Morgan fingerprint density at radius 1 is 1.15 bits per heavy atom. The normalized spacial score (nSPS) is 14.3. The van der Waals surface area contributed by atoms with E-state index >= 15 is 0 Å². The van der Waals surface area contributed by atoms with Crippen LogP contribution in [0.2, 0.25) is 0 Å². The largest absolute Gasteiger partial charge is 0.491 e. The first-order chi connectivity index (χ1) is 15.3. The van der Waals surface area contributed by atoms with Gasteiger partial charge in [-0.25, -0.2) is 4.57 Å². The van der Waals surface area contributed by atoms with Crippen LogP contribution in [0.3, 0.4) is 0 Å². The average molecular weight is 513 g/mol. The lowest BCUT2D eigenvalue weighted by atomic mass is 10.1. The second kappa shape index (κ2) is 11.7. The summed E-state index contributed by atoms with van der Waals surface area (Å²) in [6, 6.07) is 3.52. The summed E-state index contributed by atoms with van der Waals surface area (Å²) in [5.41, 5.74) is 3.75. The Morgan fingerprint density at radius 2 is 1.88 bits per heavy atom. The van der Waals surface area contributed by atoms with E-state index in [0.29, 0.717) is 6.61 Å². The van der Waals surface area contributed by atoms with Crippen LogP contribution in [-0.4, -0.2) is 46.4 Å². The second-order valence-electron chi connectivity index (χ2n) is 7.47. The number of hydrogen-bond donors (Lipinski definition) is 3. The van der Waals surface area contributed by atoms with Crippen molar-refractivity contribution in [2.24, 2.45) is 5.73 Å². The smallest absolute Gasteiger partial charge is 0.469 e. The van der Waals surface area contributed by atoms with Gasteiger partial charge in [-0.1, -0.05) is 31.1 Å². The fourth-order valence-electron chi connectivity index (χ4n) is 2.63. The van der Waals surface area contributed by atoms with Crippen LogP contribution in [-0.2, 0) is 25.5 Å². The summed E-state index contributed by atoms with van der Waals surface area (Å²) in [6.07, 6.45) is -1.71. The minimum Gasteiger partial charge on any atom is -0.491 e. The van der Waals surface area contributed by atoms with Crippen molar-refractivity contribution < 1.29 is 41.5 Å². The number of benzene rings is 1. The van der Waals surface area contributed by atoms with Crippen LogP contribution in [0.25, 0.3) is 10.6 Å². The molecule has 9 nitrogen and oxygen atoms in total. The van der Waals surface area contributed by atoms with E-state index in [0.717, 1.165) is 36.7 Å². The number of halogens is 3. The summed E-state index contributed by atoms with van der Waals surface area (Å²) in [5, 5.41) is 8.01. The van der Waals surface area contributed by atoms with Gasteiger partial charge in [0.05, 0.1) is 24.3 Å². The van der Waals surface area contributed by atoms with E-state index in [1.54, 1.807) is 0 Å². The van der Waals surface area contributed by atoms with Gasteiger partial charge in [0.1, 0.15) is 22.4 Å². The fourth-order valence-corrected chi connectivity index (χ4v) is 3.95. The van der Waals surface area contributed by atoms with Crippen molar-refractivity contribution in [3.63, 3.8) is 0 Å². The molecule has 0 aliphatic rings. The summed E-state index contributed by atoms with van der Waals surface area (Å²) < 4.78 is 66.8. The molecule has 0 aliphatic carbocycles. The standard InChI is InChI=1S/C19H27F3N3O6PS/c1-3-4-5-8-29-9-10-30-15-7-6-13(11-14(15)19(20,21)22)16-24-25-17(33-16)18(2,23)12-31-32(26,27)28/h6-7,11H,3-5,8-10,12,23H2,1-2H3,(H2,26,27,28)/t18-/m0/s1. The first kappa shape index (κ1) is 27.6. The molecule has 0 saturated heterocycles. The minimum absolute atomic E-state index is 0.0252. The van der Waals surface area contributed by atoms with Crippen molar-refractivity contribution in [2.45, 2.75) is 44.8 Å². The third-order valence-electron chi connectivity index (χ3n) is 4.36. The number of phosphoric acid groups is 1. The number of aromatic nitrogens is 2. The van der Waals surface area contributed by atoms with Gasteiger partial charge in [0.15, 0.2) is 0 Å². The van der Waals surface area contributed by atoms with Crippen molar-refractivity contribution in [2.75, 3.05) is 26.4 Å². The summed E-state index contributed by atoms with van der Waals surface area (Å²) in [4.78, 5) is 17.7. The lowest BCUT2D eigenvalue weighted by molar-refractivity contribution is -0.139. The highest BCUT2D eigenvalue weighted by Crippen LogP contribution is 2.41. The summed E-state index contributed by atoms with van der Waals surface area (Å²) in [7, 11) is -4.76. The topological polar surface area (TPSA) is 137 Å². The molecule has 0 unspecified atom stereocenters. The lowest BCUT2D eigenvalue weighted by Crippen LogP contribution is -2.37. The quantitative estimate of drug-likeness (QED) is 0.267. The van der Waals surface area contributed by atoms with Gasteiger partial charge in [0, 0.05) is 12.2 Å². The van der Waals surface area contributed by atoms with Crippen LogP contribution < -0.4 is 10.5 Å². The van der Waals surface area contributed by atoms with E-state index in [1.165, 1.54) is 19.1 Å². The van der Waals surface area contributed by atoms with Crippen molar-refractivity contribution >= 4 is 19.2 Å². The first-order valence-electron chi connectivity index (χ1n) is 10.1. The zero-order valence-electron chi connectivity index (χ0n) is 18.2. The van der Waals surface area contributed by atoms with Gasteiger partial charge in [-0.3, -0.25) is 4.52 Å². The van der Waals surface area contributed by atoms with Gasteiger partial charge in [0.2, 0.25) is 0 Å². The maximum Gasteiger partial charge on any atom is 0.469 e. The number of nitrogens with two attached hydrogens (primary N) is 1. The van der Waals surface area contributed by atoms with E-state index in [1.807, 2.05) is 0 Å². The summed E-state index contributed by atoms with van der Waals surface area (Å²) in [5.74, 6) is -0.327. The molecule has 0 bridgehead atoms. The van der Waals surface area contributed by atoms with Gasteiger partial charge in [0.25, 0.3) is 0 Å². The highest BCUT2D eigenvalue weighted by Gasteiger charge is 2.35. The van der Waals surface area contributed by atoms with Crippen LogP contribution in [0.15, 0.2) is 18.2 Å². The molecule has 4 N–H and O–H groups in total. The van der Waals surface area contributed by atoms with Gasteiger partial charge in [-0.05, 0) is 31.5 Å². The van der Waals surface area contributed by atoms with Gasteiger partial charge in [-0.15, -0.1) is 10.2 Å². The van der Waals surface area contributed by atoms with Crippen molar-refractivity contribution in [1.29, 1.82) is 0 Å². The van der Waals surface area contributed by atoms with E-state index in [-0.39, 0.29) is 34.5 Å². The molecule has 0 amide bonds. The highest BCUT2D eigenvalue weighted by atomic mass is 32.1. The zero-order valence-corrected chi connectivity index (χ0v) is 19.9. The molecule has 2 rings (SSSR count). The Balaban J connectivity index is 2.13. The maximum absolute atomic E-state index is 13.6. The number of unbranched alkanes of at least 4 members (excludes halogenated alkanes) is 2. The molecule has 0 saturated carbocycles. The SMILES string of the molecule is CCCCCOCCOc1ccc(-c2nnc([C@@](C)(N)COP(=O)(O)O)s2)cc1C(F)(F)F. The van der Waals surface area contributed by atoms with Gasteiger partial charge in [-0.2, -0.15) is 13.2 Å². The van der Waals surface area contributed by atoms with Gasteiger partial charge < -0.3 is 25.0 Å². The second-order valence-corrected chi connectivity index (χ2v) is 9.69. The Morgan fingerprint density at radius 3 is 2.52 bits per heavy atom. The molecule has 14 heteroatoms. The molecule has 0 radical (unpaired) electrons. The molecule has 33 heavy (non-hydrogen) atoms. The number of hydrogen-bond acceptors (Lipinski definition) is 8. The van der Waals surface area contributed by atoms with Crippen LogP contribution in [0.5, 0.6) is 5.75 Å². The van der Waals surface area contributed by atoms with Crippen LogP contribution in [0.1, 0.15) is 43.7 Å². The van der Waals surface area contributed by atoms with Gasteiger partial charge >= 0.3 is 14.0 Å². The molecule has 1 aromatic carbocycles. The van der Waals surface area contributed by atoms with E-state index in [2.05, 4.69) is 21.6 Å². The fraction of sp³-hybridized carbons (Fsp3) is 0.579. The molecule has 1 aromatic heterocycles. The predicted molar refractivity (Wildman–Crippen MR) is 116 cm³/mol. The van der Waals surface area contributed by atoms with Crippen molar-refractivity contribution in [3.05, 3.63) is 28.8 Å². The molecular weight excluding hydrogens is 486 g/mol. The number of phosphoric ester groups is 1. The number of rotatable bonds is 13. The molecule has 0 spiro atoms. The predicted octanol–water partition coefficient (Wildman–Crippen LogP) is 4.09. The van der Waals surface area contributed by atoms with E-state index < -0.39 is 31.7 Å². The van der Waals surface area contributed by atoms with Crippen molar-refractivity contribution in [3.8, 4) is 16.3 Å². The third kappa shape index (κ3) is 8.93. The van der Waals surface area contributed by atoms with Crippen LogP contribution in [0.4, 0.5) is 13.2 Å². The number of ether oxygens (including phenoxy) is 2. The molecule has 0 fully saturated rings. The Bertz CT molecular complexity index is 951. The van der Waals surface area contributed by atoms with Crippen molar-refractivity contribution in [1.82, 2.24) is 10.2 Å².